The van der Waals surface area contributed by atoms with E-state index in [0.717, 1.165) is 30.1 Å². The number of aromatic nitrogens is 4. The number of likely N-dealkylation sites (N-methyl/N-ethyl adjacent to an activating group) is 1. The van der Waals surface area contributed by atoms with Crippen molar-refractivity contribution in [3.63, 3.8) is 0 Å². The summed E-state index contributed by atoms with van der Waals surface area (Å²) in [4.78, 5) is 2.11. The Kier molecular flexibility index (Phi) is 4.60. The maximum absolute atomic E-state index is 13.1. The zero-order chi connectivity index (χ0) is 21.0. The van der Waals surface area contributed by atoms with Crippen LogP contribution in [0.5, 0.6) is 5.75 Å². The van der Waals surface area contributed by atoms with Crippen molar-refractivity contribution < 1.29 is 13.2 Å². The lowest BCUT2D eigenvalue weighted by Gasteiger charge is -2.43. The molecule has 0 amide bonds. The minimum atomic E-state index is -3.75. The number of anilines is 1. The van der Waals surface area contributed by atoms with Crippen LogP contribution in [0.2, 0.25) is 5.02 Å². The van der Waals surface area contributed by atoms with Crippen LogP contribution in [0.1, 0.15) is 24.6 Å². The van der Waals surface area contributed by atoms with Crippen molar-refractivity contribution in [2.45, 2.75) is 29.7 Å². The molecule has 0 bridgehead atoms. The molecule has 0 unspecified atom stereocenters. The molecule has 2 fully saturated rings. The van der Waals surface area contributed by atoms with Crippen LogP contribution in [-0.2, 0) is 10.0 Å². The van der Waals surface area contributed by atoms with Crippen LogP contribution in [0.15, 0.2) is 35.2 Å². The number of nitrogens with zero attached hydrogens (tertiary/aromatic N) is 6. The highest BCUT2D eigenvalue weighted by Gasteiger charge is 2.39. The number of hydrogen-bond acceptors (Lipinski definition) is 7. The second-order valence-electron chi connectivity index (χ2n) is 7.67. The summed E-state index contributed by atoms with van der Waals surface area (Å²) in [5.41, 5.74) is 0.727. The van der Waals surface area contributed by atoms with Crippen LogP contribution in [0.3, 0.4) is 0 Å². The molecule has 30 heavy (non-hydrogen) atoms. The first-order valence-corrected chi connectivity index (χ1v) is 11.5. The average Bonchev–Trinajstić information content (AvgIpc) is 3.46. The molecule has 0 radical (unpaired) electrons. The Balaban J connectivity index is 1.34. The Morgan fingerprint density at radius 2 is 1.93 bits per heavy atom. The molecule has 158 valence electrons. The van der Waals surface area contributed by atoms with Gasteiger partial charge < -0.3 is 9.64 Å². The average molecular weight is 449 g/mol. The van der Waals surface area contributed by atoms with E-state index in [1.807, 2.05) is 17.0 Å². The van der Waals surface area contributed by atoms with E-state index in [4.69, 9.17) is 16.3 Å². The number of hydrogen-bond donors (Lipinski definition) is 0. The van der Waals surface area contributed by atoms with Crippen LogP contribution in [0.25, 0.3) is 5.65 Å². The molecule has 3 heterocycles. The lowest BCUT2D eigenvalue weighted by atomic mass is 10.1. The highest BCUT2D eigenvalue weighted by atomic mass is 35.5. The van der Waals surface area contributed by atoms with Crippen molar-refractivity contribution in [2.75, 3.05) is 32.1 Å². The summed E-state index contributed by atoms with van der Waals surface area (Å²) < 4.78 is 34.7. The van der Waals surface area contributed by atoms with Crippen LogP contribution in [0.4, 0.5) is 5.82 Å². The monoisotopic (exact) mass is 448 g/mol. The molecular weight excluding hydrogens is 428 g/mol. The highest BCUT2D eigenvalue weighted by molar-refractivity contribution is 7.89. The summed E-state index contributed by atoms with van der Waals surface area (Å²) in [5.74, 6) is 2.40. The van der Waals surface area contributed by atoms with E-state index >= 15 is 0 Å². The van der Waals surface area contributed by atoms with Gasteiger partial charge in [-0.25, -0.2) is 8.42 Å². The summed E-state index contributed by atoms with van der Waals surface area (Å²) in [5, 5.41) is 13.5. The number of methoxy groups -OCH3 is 1. The van der Waals surface area contributed by atoms with E-state index in [-0.39, 0.29) is 16.7 Å². The predicted octanol–water partition coefficient (Wildman–Crippen LogP) is 2.17. The number of ether oxygens (including phenoxy) is 1. The van der Waals surface area contributed by atoms with Crippen LogP contribution in [0, 0.1) is 0 Å². The van der Waals surface area contributed by atoms with Gasteiger partial charge in [0.25, 0.3) is 0 Å². The second kappa shape index (κ2) is 7.07. The molecule has 0 N–H and O–H groups in total. The Morgan fingerprint density at radius 1 is 1.17 bits per heavy atom. The van der Waals surface area contributed by atoms with Gasteiger partial charge in [-0.05, 0) is 43.2 Å². The highest BCUT2D eigenvalue weighted by Crippen LogP contribution is 2.39. The van der Waals surface area contributed by atoms with Gasteiger partial charge in [0.15, 0.2) is 11.5 Å². The Morgan fingerprint density at radius 3 is 2.63 bits per heavy atom. The van der Waals surface area contributed by atoms with E-state index in [0.29, 0.717) is 24.0 Å². The number of sulfonamides is 1. The minimum absolute atomic E-state index is 0.0663. The van der Waals surface area contributed by atoms with Gasteiger partial charge >= 0.3 is 0 Å². The quantitative estimate of drug-likeness (QED) is 0.570. The Labute approximate surface area is 179 Å². The van der Waals surface area contributed by atoms with E-state index < -0.39 is 10.0 Å². The van der Waals surface area contributed by atoms with Gasteiger partial charge in [-0.1, -0.05) is 11.6 Å². The third-order valence-electron chi connectivity index (χ3n) is 5.70. The Hall–Kier alpha value is -2.43. The largest absolute Gasteiger partial charge is 0.495 e. The van der Waals surface area contributed by atoms with Gasteiger partial charge in [0.2, 0.25) is 10.0 Å². The standard InChI is InChI=1S/C19H21ClN6O3S/c1-24(30(27,28)16-9-13(20)5-6-15(16)29-2)14-10-25(11-14)18-8-7-17-21-22-19(12-3-4-12)26(17)23-18/h5-9,12,14H,3-4,10-11H2,1-2H3. The van der Waals surface area contributed by atoms with E-state index in [1.54, 1.807) is 23.7 Å². The SMILES string of the molecule is COc1ccc(Cl)cc1S(=O)(=O)N(C)C1CN(c2ccc3nnc(C4CC4)n3n2)C1. The summed E-state index contributed by atoms with van der Waals surface area (Å²) in [7, 11) is -0.731. The number of fused-ring (bicyclic) bond motifs is 1. The summed E-state index contributed by atoms with van der Waals surface area (Å²) in [6.45, 7) is 1.08. The van der Waals surface area contributed by atoms with E-state index in [2.05, 4.69) is 15.3 Å². The third kappa shape index (κ3) is 3.19. The maximum Gasteiger partial charge on any atom is 0.246 e. The summed E-state index contributed by atoms with van der Waals surface area (Å²) >= 11 is 6.03. The first kappa shape index (κ1) is 19.5. The topological polar surface area (TPSA) is 92.9 Å². The molecule has 0 atom stereocenters. The van der Waals surface area contributed by atoms with Gasteiger partial charge in [-0.2, -0.15) is 8.82 Å². The molecule has 1 aliphatic heterocycles. The molecule has 11 heteroatoms. The van der Waals surface area contributed by atoms with Gasteiger partial charge in [-0.3, -0.25) is 0 Å². The van der Waals surface area contributed by atoms with Crippen molar-refractivity contribution in [3.05, 3.63) is 41.2 Å². The Bertz CT molecular complexity index is 1220. The van der Waals surface area contributed by atoms with Gasteiger partial charge in [0.05, 0.1) is 13.2 Å². The van der Waals surface area contributed by atoms with Gasteiger partial charge in [0.1, 0.15) is 16.5 Å². The molecule has 0 spiro atoms. The number of rotatable bonds is 6. The molecular formula is C19H21ClN6O3S. The molecule has 1 aromatic carbocycles. The lowest BCUT2D eigenvalue weighted by molar-refractivity contribution is 0.307. The fourth-order valence-electron chi connectivity index (χ4n) is 3.64. The number of benzene rings is 1. The first-order valence-electron chi connectivity index (χ1n) is 9.67. The van der Waals surface area contributed by atoms with E-state index in [1.165, 1.54) is 17.5 Å². The van der Waals surface area contributed by atoms with Crippen LogP contribution in [-0.4, -0.2) is 65.8 Å². The van der Waals surface area contributed by atoms with Crippen LogP contribution < -0.4 is 9.64 Å². The third-order valence-corrected chi connectivity index (χ3v) is 7.86. The van der Waals surface area contributed by atoms with Crippen molar-refractivity contribution in [3.8, 4) is 5.75 Å². The van der Waals surface area contributed by atoms with Gasteiger partial charge in [0, 0.05) is 31.1 Å². The lowest BCUT2D eigenvalue weighted by Crippen LogP contribution is -2.60. The minimum Gasteiger partial charge on any atom is -0.495 e. The summed E-state index contributed by atoms with van der Waals surface area (Å²) in [6.07, 6.45) is 2.24. The first-order chi connectivity index (χ1) is 14.4. The maximum atomic E-state index is 13.1. The fraction of sp³-hybridized carbons (Fsp3) is 0.421. The molecule has 2 aliphatic rings. The smallest absolute Gasteiger partial charge is 0.246 e. The van der Waals surface area contributed by atoms with Crippen molar-refractivity contribution in [2.24, 2.45) is 0 Å². The zero-order valence-electron chi connectivity index (χ0n) is 16.6. The van der Waals surface area contributed by atoms with Crippen molar-refractivity contribution >= 4 is 33.1 Å². The predicted molar refractivity (Wildman–Crippen MR) is 112 cm³/mol. The second-order valence-corrected chi connectivity index (χ2v) is 10.1. The van der Waals surface area contributed by atoms with Crippen molar-refractivity contribution in [1.29, 1.82) is 0 Å². The molecule has 2 aromatic heterocycles. The fourth-order valence-corrected chi connectivity index (χ4v) is 5.39. The normalized spacial score (nSPS) is 17.5. The zero-order valence-corrected chi connectivity index (χ0v) is 18.1. The molecule has 1 aliphatic carbocycles. The molecule has 3 aromatic rings. The van der Waals surface area contributed by atoms with Crippen molar-refractivity contribution in [1.82, 2.24) is 24.1 Å². The molecule has 1 saturated heterocycles. The van der Waals surface area contributed by atoms with Crippen LogP contribution >= 0.6 is 11.6 Å². The summed E-state index contributed by atoms with van der Waals surface area (Å²) in [6, 6.07) is 8.19. The molecule has 1 saturated carbocycles. The number of halogens is 1. The van der Waals surface area contributed by atoms with E-state index in [9.17, 15) is 8.42 Å². The molecule has 5 rings (SSSR count). The molecule has 9 nitrogen and oxygen atoms in total. The van der Waals surface area contributed by atoms with Gasteiger partial charge in [-0.15, -0.1) is 15.3 Å².